The molecule has 0 aromatic heterocycles. The molecule has 0 spiro atoms. The van der Waals surface area contributed by atoms with E-state index in [1.54, 1.807) is 0 Å². The fourth-order valence-corrected chi connectivity index (χ4v) is 1.92. The van der Waals surface area contributed by atoms with E-state index in [4.69, 9.17) is 0 Å². The number of rotatable bonds is 8. The van der Waals surface area contributed by atoms with E-state index >= 15 is 0 Å². The highest BCUT2D eigenvalue weighted by molar-refractivity contribution is 4.71. The monoisotopic (exact) mass is 229 g/mol. The highest BCUT2D eigenvalue weighted by Crippen LogP contribution is 2.20. The summed E-state index contributed by atoms with van der Waals surface area (Å²) in [6.45, 7) is 11.7. The van der Waals surface area contributed by atoms with Gasteiger partial charge in [-0.25, -0.2) is 0 Å². The molecule has 0 aromatic carbocycles. The van der Waals surface area contributed by atoms with Gasteiger partial charge in [0.25, 0.3) is 0 Å². The van der Waals surface area contributed by atoms with Crippen LogP contribution in [0.3, 0.4) is 0 Å². The highest BCUT2D eigenvalue weighted by Gasteiger charge is 2.16. The van der Waals surface area contributed by atoms with Crippen molar-refractivity contribution in [3.63, 3.8) is 0 Å². The van der Waals surface area contributed by atoms with Crippen molar-refractivity contribution in [1.82, 2.24) is 5.32 Å². The van der Waals surface area contributed by atoms with Gasteiger partial charge in [-0.15, -0.1) is 0 Å². The lowest BCUT2D eigenvalue weighted by molar-refractivity contribution is 0.116. The summed E-state index contributed by atoms with van der Waals surface area (Å²) in [5, 5.41) is 13.3. The Morgan fingerprint density at radius 2 is 1.81 bits per heavy atom. The van der Waals surface area contributed by atoms with E-state index in [9.17, 15) is 5.11 Å². The van der Waals surface area contributed by atoms with Gasteiger partial charge in [0.2, 0.25) is 0 Å². The second kappa shape index (κ2) is 8.08. The van der Waals surface area contributed by atoms with Crippen LogP contribution in [0.5, 0.6) is 0 Å². The Morgan fingerprint density at radius 1 is 1.19 bits per heavy atom. The Morgan fingerprint density at radius 3 is 2.31 bits per heavy atom. The maximum absolute atomic E-state index is 9.84. The maximum atomic E-state index is 9.84. The second-order valence-electron chi connectivity index (χ2n) is 6.22. The summed E-state index contributed by atoms with van der Waals surface area (Å²) in [7, 11) is 0. The Bertz CT molecular complexity index is 163. The molecule has 16 heavy (non-hydrogen) atoms. The van der Waals surface area contributed by atoms with E-state index in [0.29, 0.717) is 6.04 Å². The van der Waals surface area contributed by atoms with Crippen LogP contribution in [0.1, 0.15) is 66.7 Å². The van der Waals surface area contributed by atoms with Gasteiger partial charge < -0.3 is 10.4 Å². The van der Waals surface area contributed by atoms with Crippen molar-refractivity contribution in [2.45, 2.75) is 78.9 Å². The van der Waals surface area contributed by atoms with Gasteiger partial charge in [0, 0.05) is 12.6 Å². The van der Waals surface area contributed by atoms with Gasteiger partial charge in [-0.2, -0.15) is 0 Å². The van der Waals surface area contributed by atoms with Crippen LogP contribution in [-0.4, -0.2) is 23.8 Å². The normalized spacial score (nSPS) is 16.1. The molecule has 2 N–H and O–H groups in total. The third-order valence-corrected chi connectivity index (χ3v) is 2.79. The largest absolute Gasteiger partial charge is 0.392 e. The lowest BCUT2D eigenvalue weighted by Crippen LogP contribution is -2.35. The minimum Gasteiger partial charge on any atom is -0.392 e. The SMILES string of the molecule is CCCCCC(C)NCC(O)CC(C)(C)C. The van der Waals surface area contributed by atoms with Gasteiger partial charge in [-0.05, 0) is 25.2 Å². The zero-order valence-electron chi connectivity index (χ0n) is 11.8. The first-order valence-corrected chi connectivity index (χ1v) is 6.76. The minimum atomic E-state index is -0.214. The molecule has 98 valence electrons. The second-order valence-corrected chi connectivity index (χ2v) is 6.22. The Balaban J connectivity index is 3.55. The van der Waals surface area contributed by atoms with Gasteiger partial charge >= 0.3 is 0 Å². The van der Waals surface area contributed by atoms with Crippen LogP contribution in [0.15, 0.2) is 0 Å². The number of unbranched alkanes of at least 4 members (excludes halogenated alkanes) is 2. The van der Waals surface area contributed by atoms with Gasteiger partial charge in [-0.1, -0.05) is 47.0 Å². The van der Waals surface area contributed by atoms with Gasteiger partial charge in [0.1, 0.15) is 0 Å². The van der Waals surface area contributed by atoms with E-state index in [1.807, 2.05) is 0 Å². The number of aliphatic hydroxyl groups is 1. The van der Waals surface area contributed by atoms with E-state index in [-0.39, 0.29) is 11.5 Å². The van der Waals surface area contributed by atoms with Crippen molar-refractivity contribution in [3.05, 3.63) is 0 Å². The third-order valence-electron chi connectivity index (χ3n) is 2.79. The van der Waals surface area contributed by atoms with E-state index in [0.717, 1.165) is 13.0 Å². The van der Waals surface area contributed by atoms with Crippen molar-refractivity contribution in [1.29, 1.82) is 0 Å². The maximum Gasteiger partial charge on any atom is 0.0669 e. The number of hydrogen-bond acceptors (Lipinski definition) is 2. The van der Waals surface area contributed by atoms with Crippen LogP contribution >= 0.6 is 0 Å². The topological polar surface area (TPSA) is 32.3 Å². The average Bonchev–Trinajstić information content (AvgIpc) is 2.12. The van der Waals surface area contributed by atoms with Crippen LogP contribution in [0.4, 0.5) is 0 Å². The van der Waals surface area contributed by atoms with E-state index in [2.05, 4.69) is 39.9 Å². The standard InChI is InChI=1S/C14H31NO/c1-6-7-8-9-12(2)15-11-13(16)10-14(3,4)5/h12-13,15-16H,6-11H2,1-5H3. The molecule has 0 heterocycles. The van der Waals surface area contributed by atoms with E-state index < -0.39 is 0 Å². The van der Waals surface area contributed by atoms with Gasteiger partial charge in [-0.3, -0.25) is 0 Å². The molecule has 2 nitrogen and oxygen atoms in total. The third kappa shape index (κ3) is 10.4. The lowest BCUT2D eigenvalue weighted by atomic mass is 9.89. The summed E-state index contributed by atoms with van der Waals surface area (Å²) in [6, 6.07) is 0.529. The molecule has 0 saturated carbocycles. The van der Waals surface area contributed by atoms with Crippen LogP contribution in [0.2, 0.25) is 0 Å². The average molecular weight is 229 g/mol. The summed E-state index contributed by atoms with van der Waals surface area (Å²) in [5.41, 5.74) is 0.215. The first-order valence-electron chi connectivity index (χ1n) is 6.76. The molecule has 0 aliphatic rings. The quantitative estimate of drug-likeness (QED) is 0.626. The predicted octanol–water partition coefficient (Wildman–Crippen LogP) is 3.34. The van der Waals surface area contributed by atoms with E-state index in [1.165, 1.54) is 25.7 Å². The van der Waals surface area contributed by atoms with Gasteiger partial charge in [0.15, 0.2) is 0 Å². The Kier molecular flexibility index (Phi) is 8.04. The summed E-state index contributed by atoms with van der Waals surface area (Å²) in [4.78, 5) is 0. The molecule has 0 aliphatic carbocycles. The minimum absolute atomic E-state index is 0.214. The molecule has 0 aromatic rings. The molecule has 0 fully saturated rings. The van der Waals surface area contributed by atoms with Crippen LogP contribution in [0, 0.1) is 5.41 Å². The summed E-state index contributed by atoms with van der Waals surface area (Å²) in [5.74, 6) is 0. The first-order chi connectivity index (χ1) is 7.35. The van der Waals surface area contributed by atoms with Crippen molar-refractivity contribution < 1.29 is 5.11 Å². The molecule has 0 radical (unpaired) electrons. The van der Waals surface area contributed by atoms with Crippen LogP contribution < -0.4 is 5.32 Å². The first kappa shape index (κ1) is 15.9. The Labute approximate surface area is 102 Å². The number of hydrogen-bond donors (Lipinski definition) is 2. The van der Waals surface area contributed by atoms with Crippen LogP contribution in [0.25, 0.3) is 0 Å². The molecule has 0 bridgehead atoms. The van der Waals surface area contributed by atoms with Crippen molar-refractivity contribution in [3.8, 4) is 0 Å². The fourth-order valence-electron chi connectivity index (χ4n) is 1.92. The molecule has 2 unspecified atom stereocenters. The van der Waals surface area contributed by atoms with Crippen molar-refractivity contribution in [2.75, 3.05) is 6.54 Å². The summed E-state index contributed by atoms with van der Waals surface area (Å²) < 4.78 is 0. The zero-order chi connectivity index (χ0) is 12.6. The highest BCUT2D eigenvalue weighted by atomic mass is 16.3. The smallest absolute Gasteiger partial charge is 0.0669 e. The van der Waals surface area contributed by atoms with Crippen molar-refractivity contribution in [2.24, 2.45) is 5.41 Å². The summed E-state index contributed by atoms with van der Waals surface area (Å²) >= 11 is 0. The lowest BCUT2D eigenvalue weighted by Gasteiger charge is -2.24. The van der Waals surface area contributed by atoms with Crippen molar-refractivity contribution >= 4 is 0 Å². The molecule has 2 heteroatoms. The van der Waals surface area contributed by atoms with Crippen LogP contribution in [-0.2, 0) is 0 Å². The number of nitrogens with one attached hydrogen (secondary N) is 1. The fraction of sp³-hybridized carbons (Fsp3) is 1.00. The molecular formula is C14H31NO. The zero-order valence-corrected chi connectivity index (χ0v) is 11.8. The predicted molar refractivity (Wildman–Crippen MR) is 71.7 cm³/mol. The Hall–Kier alpha value is -0.0800. The molecule has 0 aliphatic heterocycles. The number of aliphatic hydroxyl groups excluding tert-OH is 1. The molecule has 0 saturated heterocycles. The summed E-state index contributed by atoms with van der Waals surface area (Å²) in [6.07, 6.45) is 5.75. The molecule has 0 amide bonds. The molecular weight excluding hydrogens is 198 g/mol. The van der Waals surface area contributed by atoms with Gasteiger partial charge in [0.05, 0.1) is 6.10 Å². The molecule has 0 rings (SSSR count). The molecule has 2 atom stereocenters.